The molecule has 28 heavy (non-hydrogen) atoms. The summed E-state index contributed by atoms with van der Waals surface area (Å²) < 4.78 is 0. The second-order valence-electron chi connectivity index (χ2n) is 6.14. The maximum atomic E-state index is 11.3. The van der Waals surface area contributed by atoms with Crippen LogP contribution in [0.25, 0.3) is 16.0 Å². The monoisotopic (exact) mass is 389 g/mol. The number of nitrogens with one attached hydrogen (secondary N) is 1. The molecule has 0 fully saturated rings. The predicted molar refractivity (Wildman–Crippen MR) is 119 cm³/mol. The third kappa shape index (κ3) is 28.5. The van der Waals surface area contributed by atoms with Crippen LogP contribution in [0.3, 0.4) is 0 Å². The zero-order valence-corrected chi connectivity index (χ0v) is 17.3. The number of rotatable bonds is 16. The zero-order valence-electron chi connectivity index (χ0n) is 17.3. The molecule has 0 rings (SSSR count). The minimum absolute atomic E-state index is 0.00289. The molecule has 0 spiro atoms. The minimum Gasteiger partial charge on any atom is -0.395 e. The molecule has 1 amide bonds. The maximum absolute atomic E-state index is 11.3. The summed E-state index contributed by atoms with van der Waals surface area (Å²) in [5.74, 6) is 0.0185. The van der Waals surface area contributed by atoms with Crippen molar-refractivity contribution in [3.63, 3.8) is 0 Å². The van der Waals surface area contributed by atoms with E-state index in [0.717, 1.165) is 32.1 Å². The Bertz CT molecular complexity index is 491. The number of carbonyl (C=O) groups is 1. The second-order valence-corrected chi connectivity index (χ2v) is 6.14. The molecule has 0 aromatic heterocycles. The van der Waals surface area contributed by atoms with E-state index in [2.05, 4.69) is 60.8 Å². The van der Waals surface area contributed by atoms with Crippen molar-refractivity contribution >= 4 is 5.91 Å². The number of aliphatic hydroxyl groups is 1. The highest BCUT2D eigenvalue weighted by atomic mass is 16.3. The van der Waals surface area contributed by atoms with E-state index >= 15 is 0 Å². The van der Waals surface area contributed by atoms with Crippen molar-refractivity contribution in [2.45, 2.75) is 71.1 Å². The molecule has 0 atom stereocenters. The third-order valence-corrected chi connectivity index (χ3v) is 3.67. The molecule has 158 valence electrons. The van der Waals surface area contributed by atoms with Crippen LogP contribution in [0.2, 0.25) is 0 Å². The molecule has 0 saturated carbocycles. The number of hydrogen-bond acceptors (Lipinski definition) is 2. The van der Waals surface area contributed by atoms with Gasteiger partial charge >= 0.3 is 0 Å². The van der Waals surface area contributed by atoms with Crippen LogP contribution in [0.4, 0.5) is 0 Å². The van der Waals surface area contributed by atoms with E-state index in [-0.39, 0.29) is 12.5 Å². The molecule has 0 aliphatic rings. The van der Waals surface area contributed by atoms with Gasteiger partial charge in [-0.15, -0.1) is 0 Å². The van der Waals surface area contributed by atoms with Crippen molar-refractivity contribution in [3.05, 3.63) is 64.6 Å². The molecule has 6 heteroatoms. The summed E-state index contributed by atoms with van der Waals surface area (Å²) in [4.78, 5) is 12.8. The van der Waals surface area contributed by atoms with Crippen LogP contribution in [-0.4, -0.2) is 24.2 Å². The first kappa shape index (κ1) is 27.9. The fourth-order valence-electron chi connectivity index (χ4n) is 2.23. The Balaban J connectivity index is 0. The highest BCUT2D eigenvalue weighted by Crippen LogP contribution is 2.01. The fraction of sp³-hybridized carbons (Fsp3) is 0.591. The van der Waals surface area contributed by atoms with Crippen LogP contribution in [0.1, 0.15) is 71.1 Å². The predicted octanol–water partition coefficient (Wildman–Crippen LogP) is 6.11. The molecule has 0 aliphatic carbocycles. The molecule has 6 nitrogen and oxygen atoms in total. The van der Waals surface area contributed by atoms with Crippen molar-refractivity contribution < 1.29 is 9.90 Å². The first-order chi connectivity index (χ1) is 13.7. The van der Waals surface area contributed by atoms with Gasteiger partial charge in [0.1, 0.15) is 0 Å². The largest absolute Gasteiger partial charge is 0.395 e. The summed E-state index contributed by atoms with van der Waals surface area (Å²) >= 11 is 0. The van der Waals surface area contributed by atoms with Crippen LogP contribution < -0.4 is 5.32 Å². The van der Waals surface area contributed by atoms with Gasteiger partial charge in [-0.2, -0.15) is 0 Å². The van der Waals surface area contributed by atoms with Crippen molar-refractivity contribution in [3.8, 4) is 0 Å². The molecule has 0 saturated heterocycles. The first-order valence-electron chi connectivity index (χ1n) is 10.2. The van der Waals surface area contributed by atoms with Crippen molar-refractivity contribution in [1.82, 2.24) is 5.32 Å². The average molecular weight is 390 g/mol. The molecule has 0 aromatic carbocycles. The Labute approximate surface area is 170 Å². The van der Waals surface area contributed by atoms with Crippen molar-refractivity contribution in [1.29, 1.82) is 0 Å². The SMILES string of the molecule is CCCCC/C=C\C/C=C\C/C=C\C/C=C\CCCC(=O)NCCO.[N-]=[N+]=[N-]. The summed E-state index contributed by atoms with van der Waals surface area (Å²) in [6, 6.07) is 0. The van der Waals surface area contributed by atoms with Crippen LogP contribution in [0, 0.1) is 0 Å². The molecule has 2 N–H and O–H groups in total. The molecule has 0 bridgehead atoms. The second kappa shape index (κ2) is 26.9. The van der Waals surface area contributed by atoms with Gasteiger partial charge in [0.05, 0.1) is 6.61 Å². The van der Waals surface area contributed by atoms with Crippen LogP contribution in [-0.2, 0) is 4.79 Å². The van der Waals surface area contributed by atoms with E-state index in [9.17, 15) is 4.79 Å². The number of nitrogens with zero attached hydrogens (tertiary/aromatic N) is 3. The summed E-state index contributed by atoms with van der Waals surface area (Å²) in [7, 11) is 0. The van der Waals surface area contributed by atoms with E-state index < -0.39 is 0 Å². The Morgan fingerprint density at radius 1 is 0.857 bits per heavy atom. The zero-order chi connectivity index (χ0) is 21.1. The van der Waals surface area contributed by atoms with Gasteiger partial charge in [-0.3, -0.25) is 9.71 Å². The van der Waals surface area contributed by atoms with E-state index in [1.165, 1.54) is 30.6 Å². The van der Waals surface area contributed by atoms with Gasteiger partial charge in [0.25, 0.3) is 0 Å². The molecule has 0 unspecified atom stereocenters. The minimum atomic E-state index is 0.00289. The third-order valence-electron chi connectivity index (χ3n) is 3.67. The standard InChI is InChI=1S/C22H37NO2.N3/c1-2-3-4-5-6-7-8-9-10-11-12-13-14-15-16-17-18-19-22(25)23-20-21-24;1-3-2/h6-7,9-10,12-13,15-16,24H,2-5,8,11,14,17-21H2,1H3,(H,23,25);/q;-1/b7-6-,10-9-,13-12-,16-15-;. The summed E-state index contributed by atoms with van der Waals surface area (Å²) in [6.45, 7) is 2.59. The molecule has 0 radical (unpaired) electrons. The summed E-state index contributed by atoms with van der Waals surface area (Å²) in [5, 5.41) is 11.2. The molecule has 0 heterocycles. The fourth-order valence-corrected chi connectivity index (χ4v) is 2.23. The van der Waals surface area contributed by atoms with Gasteiger partial charge in [0.15, 0.2) is 0 Å². The van der Waals surface area contributed by atoms with E-state index in [1.54, 1.807) is 0 Å². The van der Waals surface area contributed by atoms with Gasteiger partial charge < -0.3 is 21.5 Å². The number of unbranched alkanes of at least 4 members (excludes halogenated alkanes) is 4. The van der Waals surface area contributed by atoms with Crippen molar-refractivity contribution in [2.24, 2.45) is 0 Å². The van der Waals surface area contributed by atoms with Crippen molar-refractivity contribution in [2.75, 3.05) is 13.2 Å². The van der Waals surface area contributed by atoms with E-state index in [0.29, 0.717) is 13.0 Å². The first-order valence-corrected chi connectivity index (χ1v) is 10.2. The van der Waals surface area contributed by atoms with Gasteiger partial charge in [-0.1, -0.05) is 68.4 Å². The lowest BCUT2D eigenvalue weighted by Gasteiger charge is -2.00. The van der Waals surface area contributed by atoms with Crippen LogP contribution >= 0.6 is 0 Å². The number of carbonyl (C=O) groups excluding carboxylic acids is 1. The number of aliphatic hydroxyl groups excluding tert-OH is 1. The Morgan fingerprint density at radius 2 is 1.32 bits per heavy atom. The lowest BCUT2D eigenvalue weighted by molar-refractivity contribution is -0.121. The number of allylic oxidation sites excluding steroid dienone is 8. The van der Waals surface area contributed by atoms with Gasteiger partial charge in [-0.25, -0.2) is 0 Å². The van der Waals surface area contributed by atoms with Gasteiger partial charge in [-0.05, 0) is 44.9 Å². The Hall–Kier alpha value is -2.30. The summed E-state index contributed by atoms with van der Waals surface area (Å²) in [6.07, 6.45) is 28.0. The maximum Gasteiger partial charge on any atom is 0.220 e. The quantitative estimate of drug-likeness (QED) is 0.109. The lowest BCUT2D eigenvalue weighted by Crippen LogP contribution is -2.25. The number of amides is 1. The molecule has 0 aromatic rings. The number of hydrogen-bond donors (Lipinski definition) is 2. The van der Waals surface area contributed by atoms with E-state index in [1.807, 2.05) is 0 Å². The van der Waals surface area contributed by atoms with Crippen LogP contribution in [0.5, 0.6) is 0 Å². The average Bonchev–Trinajstić information content (AvgIpc) is 2.69. The topological polar surface area (TPSA) is 108 Å². The smallest absolute Gasteiger partial charge is 0.220 e. The Morgan fingerprint density at radius 3 is 1.79 bits per heavy atom. The highest BCUT2D eigenvalue weighted by Gasteiger charge is 1.97. The molecule has 0 aliphatic heterocycles. The lowest BCUT2D eigenvalue weighted by atomic mass is 10.2. The normalized spacial score (nSPS) is 11.2. The summed E-state index contributed by atoms with van der Waals surface area (Å²) in [5.41, 5.74) is 13.5. The van der Waals surface area contributed by atoms with E-state index in [4.69, 9.17) is 16.2 Å². The van der Waals surface area contributed by atoms with Crippen LogP contribution in [0.15, 0.2) is 48.6 Å². The van der Waals surface area contributed by atoms with Gasteiger partial charge in [0, 0.05) is 13.0 Å². The molecular formula is C22H37N4O2-. The van der Waals surface area contributed by atoms with Gasteiger partial charge in [0.2, 0.25) is 5.91 Å². The Kier molecular flexibility index (Phi) is 26.8. The molecular weight excluding hydrogens is 352 g/mol. The highest BCUT2D eigenvalue weighted by molar-refractivity contribution is 5.75.